The monoisotopic (exact) mass is 326 g/mol. The Hall–Kier alpha value is -2.03. The molecule has 0 amide bonds. The molecular formula is C16H14ClF3N2. The number of halogens is 4. The van der Waals surface area contributed by atoms with Crippen LogP contribution in [0.5, 0.6) is 0 Å². The van der Waals surface area contributed by atoms with Gasteiger partial charge in [0, 0.05) is 11.8 Å². The van der Waals surface area contributed by atoms with Crippen LogP contribution in [0.25, 0.3) is 0 Å². The van der Waals surface area contributed by atoms with Crippen molar-refractivity contribution in [1.29, 1.82) is 0 Å². The molecule has 0 aliphatic carbocycles. The fraction of sp³-hybridized carbons (Fsp3) is 0.188. The first-order valence-electron chi connectivity index (χ1n) is 6.24. The largest absolute Gasteiger partial charge is 0.416 e. The van der Waals surface area contributed by atoms with Crippen LogP contribution in [0, 0.1) is 11.8 Å². The van der Waals surface area contributed by atoms with E-state index in [2.05, 4.69) is 16.8 Å². The van der Waals surface area contributed by atoms with Crippen LogP contribution in [-0.4, -0.2) is 4.98 Å². The van der Waals surface area contributed by atoms with Crippen molar-refractivity contribution in [2.24, 2.45) is 5.73 Å². The maximum absolute atomic E-state index is 12.5. The molecule has 2 N–H and O–H groups in total. The second kappa shape index (κ2) is 7.30. The SMILES string of the molecule is CC#Cc1cccnc1[C@@H](N)c1ccc(C(F)(F)F)cc1.Cl. The van der Waals surface area contributed by atoms with E-state index in [0.717, 1.165) is 12.1 Å². The number of aromatic nitrogens is 1. The van der Waals surface area contributed by atoms with Crippen LogP contribution in [0.15, 0.2) is 42.6 Å². The van der Waals surface area contributed by atoms with Crippen molar-refractivity contribution in [3.8, 4) is 11.8 Å². The first-order valence-corrected chi connectivity index (χ1v) is 6.24. The number of alkyl halides is 3. The number of rotatable bonds is 2. The van der Waals surface area contributed by atoms with Crippen LogP contribution >= 0.6 is 12.4 Å². The van der Waals surface area contributed by atoms with Crippen molar-refractivity contribution in [2.75, 3.05) is 0 Å². The lowest BCUT2D eigenvalue weighted by Gasteiger charge is -2.14. The number of nitrogens with two attached hydrogens (primary N) is 1. The highest BCUT2D eigenvalue weighted by molar-refractivity contribution is 5.85. The Bertz CT molecular complexity index is 685. The third kappa shape index (κ3) is 4.00. The van der Waals surface area contributed by atoms with E-state index in [1.54, 1.807) is 25.3 Å². The Morgan fingerprint density at radius 3 is 2.32 bits per heavy atom. The summed E-state index contributed by atoms with van der Waals surface area (Å²) in [4.78, 5) is 4.20. The van der Waals surface area contributed by atoms with Gasteiger partial charge in [0.25, 0.3) is 0 Å². The van der Waals surface area contributed by atoms with E-state index in [9.17, 15) is 13.2 Å². The predicted octanol–water partition coefficient (Wildman–Crippen LogP) is 3.94. The van der Waals surface area contributed by atoms with Gasteiger partial charge in [0.1, 0.15) is 0 Å². The van der Waals surface area contributed by atoms with Crippen molar-refractivity contribution < 1.29 is 13.2 Å². The molecule has 0 bridgehead atoms. The molecule has 0 aliphatic heterocycles. The van der Waals surface area contributed by atoms with Crippen LogP contribution in [0.1, 0.15) is 35.3 Å². The molecule has 1 heterocycles. The minimum absolute atomic E-state index is 0. The second-order valence-corrected chi connectivity index (χ2v) is 4.41. The van der Waals surface area contributed by atoms with E-state index in [1.807, 2.05) is 0 Å². The van der Waals surface area contributed by atoms with Gasteiger partial charge in [-0.1, -0.05) is 18.1 Å². The molecule has 0 unspecified atom stereocenters. The average Bonchev–Trinajstić information content (AvgIpc) is 2.47. The summed E-state index contributed by atoms with van der Waals surface area (Å²) in [6.45, 7) is 1.69. The Morgan fingerprint density at radius 2 is 1.77 bits per heavy atom. The average molecular weight is 327 g/mol. The van der Waals surface area contributed by atoms with Crippen molar-refractivity contribution in [2.45, 2.75) is 19.1 Å². The van der Waals surface area contributed by atoms with Crippen molar-refractivity contribution in [3.05, 3.63) is 65.0 Å². The second-order valence-electron chi connectivity index (χ2n) is 4.41. The summed E-state index contributed by atoms with van der Waals surface area (Å²) in [5, 5.41) is 0. The van der Waals surface area contributed by atoms with Gasteiger partial charge in [-0.05, 0) is 36.8 Å². The fourth-order valence-electron chi connectivity index (χ4n) is 1.94. The molecule has 2 nitrogen and oxygen atoms in total. The fourth-order valence-corrected chi connectivity index (χ4v) is 1.94. The lowest BCUT2D eigenvalue weighted by atomic mass is 9.99. The van der Waals surface area contributed by atoms with Crippen LogP contribution < -0.4 is 5.73 Å². The van der Waals surface area contributed by atoms with Crippen LogP contribution in [-0.2, 0) is 6.18 Å². The molecule has 1 aromatic carbocycles. The zero-order valence-corrected chi connectivity index (χ0v) is 12.5. The van der Waals surface area contributed by atoms with Gasteiger partial charge >= 0.3 is 6.18 Å². The molecule has 22 heavy (non-hydrogen) atoms. The third-order valence-corrected chi connectivity index (χ3v) is 2.99. The Balaban J connectivity index is 0.00000242. The lowest BCUT2D eigenvalue weighted by Crippen LogP contribution is -2.15. The Kier molecular flexibility index (Phi) is 5.98. The smallest absolute Gasteiger partial charge is 0.319 e. The van der Waals surface area contributed by atoms with E-state index in [4.69, 9.17) is 5.73 Å². The van der Waals surface area contributed by atoms with Gasteiger partial charge in [-0.25, -0.2) is 0 Å². The maximum Gasteiger partial charge on any atom is 0.416 e. The van der Waals surface area contributed by atoms with Gasteiger partial charge in [-0.15, -0.1) is 18.3 Å². The topological polar surface area (TPSA) is 38.9 Å². The summed E-state index contributed by atoms with van der Waals surface area (Å²) in [5.41, 5.74) is 7.17. The standard InChI is InChI=1S/C16H13F3N2.ClH/c1-2-4-12-5-3-10-21-15(12)14(20)11-6-8-13(9-7-11)16(17,18)19;/h3,5-10,14H,20H2,1H3;1H/t14-;/m0./s1. The predicted molar refractivity (Wildman–Crippen MR) is 81.5 cm³/mol. The first-order chi connectivity index (χ1) is 9.93. The zero-order chi connectivity index (χ0) is 15.5. The Labute approximate surface area is 133 Å². The van der Waals surface area contributed by atoms with Gasteiger partial charge in [-0.2, -0.15) is 13.2 Å². The van der Waals surface area contributed by atoms with Crippen molar-refractivity contribution >= 4 is 12.4 Å². The van der Waals surface area contributed by atoms with Crippen LogP contribution in [0.2, 0.25) is 0 Å². The Morgan fingerprint density at radius 1 is 1.14 bits per heavy atom. The van der Waals surface area contributed by atoms with Crippen molar-refractivity contribution in [1.82, 2.24) is 4.98 Å². The van der Waals surface area contributed by atoms with E-state index >= 15 is 0 Å². The van der Waals surface area contributed by atoms with Crippen LogP contribution in [0.3, 0.4) is 0 Å². The number of nitrogens with zero attached hydrogens (tertiary/aromatic N) is 1. The molecular weight excluding hydrogens is 313 g/mol. The summed E-state index contributed by atoms with van der Waals surface area (Å²) < 4.78 is 37.6. The highest BCUT2D eigenvalue weighted by atomic mass is 35.5. The zero-order valence-electron chi connectivity index (χ0n) is 11.7. The molecule has 2 aromatic rings. The molecule has 1 atom stereocenters. The van der Waals surface area contributed by atoms with E-state index in [1.165, 1.54) is 12.1 Å². The first kappa shape index (κ1) is 18.0. The minimum atomic E-state index is -4.35. The molecule has 6 heteroatoms. The number of pyridine rings is 1. The lowest BCUT2D eigenvalue weighted by molar-refractivity contribution is -0.137. The molecule has 0 saturated carbocycles. The van der Waals surface area contributed by atoms with Crippen molar-refractivity contribution in [3.63, 3.8) is 0 Å². The highest BCUT2D eigenvalue weighted by Gasteiger charge is 2.30. The number of hydrogen-bond acceptors (Lipinski definition) is 2. The number of hydrogen-bond donors (Lipinski definition) is 1. The molecule has 0 spiro atoms. The molecule has 116 valence electrons. The van der Waals surface area contributed by atoms with E-state index < -0.39 is 17.8 Å². The van der Waals surface area contributed by atoms with Gasteiger partial charge < -0.3 is 5.73 Å². The number of benzene rings is 1. The summed E-state index contributed by atoms with van der Waals surface area (Å²) in [5.74, 6) is 5.66. The maximum atomic E-state index is 12.5. The van der Waals surface area contributed by atoms with Gasteiger partial charge in [0.15, 0.2) is 0 Å². The van der Waals surface area contributed by atoms with E-state index in [-0.39, 0.29) is 12.4 Å². The highest BCUT2D eigenvalue weighted by Crippen LogP contribution is 2.30. The molecule has 0 radical (unpaired) electrons. The molecule has 0 aliphatic rings. The normalized spacial score (nSPS) is 11.9. The molecule has 0 fully saturated rings. The minimum Gasteiger partial charge on any atom is -0.319 e. The van der Waals surface area contributed by atoms with Gasteiger partial charge in [0.05, 0.1) is 17.3 Å². The molecule has 2 rings (SSSR count). The van der Waals surface area contributed by atoms with Gasteiger partial charge in [-0.3, -0.25) is 4.98 Å². The molecule has 0 saturated heterocycles. The summed E-state index contributed by atoms with van der Waals surface area (Å²) in [6.07, 6.45) is -2.77. The summed E-state index contributed by atoms with van der Waals surface area (Å²) in [6, 6.07) is 7.67. The quantitative estimate of drug-likeness (QED) is 0.849. The molecule has 1 aromatic heterocycles. The third-order valence-electron chi connectivity index (χ3n) is 2.99. The van der Waals surface area contributed by atoms with E-state index in [0.29, 0.717) is 16.8 Å². The summed E-state index contributed by atoms with van der Waals surface area (Å²) in [7, 11) is 0. The van der Waals surface area contributed by atoms with Crippen LogP contribution in [0.4, 0.5) is 13.2 Å². The summed E-state index contributed by atoms with van der Waals surface area (Å²) >= 11 is 0. The van der Waals surface area contributed by atoms with Gasteiger partial charge in [0.2, 0.25) is 0 Å².